The molecule has 0 atom stereocenters. The second-order valence-electron chi connectivity index (χ2n) is 4.84. The molecular formula is C15H11ClN4O2. The van der Waals surface area contributed by atoms with Crippen molar-refractivity contribution in [3.8, 4) is 22.9 Å². The summed E-state index contributed by atoms with van der Waals surface area (Å²) in [4.78, 5) is 1.54. The molecule has 0 N–H and O–H groups in total. The Morgan fingerprint density at radius 1 is 1.05 bits per heavy atom. The minimum Gasteiger partial charge on any atom is -0.454 e. The highest BCUT2D eigenvalue weighted by Crippen LogP contribution is 2.32. The van der Waals surface area contributed by atoms with E-state index < -0.39 is 0 Å². The van der Waals surface area contributed by atoms with Crippen LogP contribution in [0.25, 0.3) is 11.4 Å². The molecule has 2 aromatic carbocycles. The molecule has 110 valence electrons. The maximum Gasteiger partial charge on any atom is 0.231 e. The molecule has 0 aliphatic carbocycles. The molecule has 7 heteroatoms. The molecule has 0 saturated heterocycles. The first kappa shape index (κ1) is 13.1. The van der Waals surface area contributed by atoms with E-state index in [1.54, 1.807) is 16.9 Å². The van der Waals surface area contributed by atoms with Crippen LogP contribution < -0.4 is 9.47 Å². The molecule has 0 saturated carbocycles. The zero-order valence-electron chi connectivity index (χ0n) is 11.4. The Bertz CT molecular complexity index is 817. The van der Waals surface area contributed by atoms with Crippen LogP contribution in [0.15, 0.2) is 42.5 Å². The predicted molar refractivity (Wildman–Crippen MR) is 79.9 cm³/mol. The number of hydrogen-bond donors (Lipinski definition) is 0. The monoisotopic (exact) mass is 314 g/mol. The molecule has 22 heavy (non-hydrogen) atoms. The van der Waals surface area contributed by atoms with E-state index >= 15 is 0 Å². The summed E-state index contributed by atoms with van der Waals surface area (Å²) in [6.07, 6.45) is 0. The lowest BCUT2D eigenvalue weighted by atomic mass is 10.2. The summed E-state index contributed by atoms with van der Waals surface area (Å²) >= 11 is 5.87. The summed E-state index contributed by atoms with van der Waals surface area (Å²) in [5.41, 5.74) is 1.89. The van der Waals surface area contributed by atoms with Crippen molar-refractivity contribution in [1.29, 1.82) is 0 Å². The third-order valence-electron chi connectivity index (χ3n) is 3.32. The van der Waals surface area contributed by atoms with Crippen LogP contribution in [-0.4, -0.2) is 27.0 Å². The van der Waals surface area contributed by atoms with Gasteiger partial charge < -0.3 is 9.47 Å². The molecule has 0 amide bonds. The number of ether oxygens (including phenoxy) is 2. The second kappa shape index (κ2) is 5.31. The van der Waals surface area contributed by atoms with Crippen LogP contribution in [0.3, 0.4) is 0 Å². The third-order valence-corrected chi connectivity index (χ3v) is 3.57. The maximum atomic E-state index is 5.87. The Hall–Kier alpha value is -2.60. The van der Waals surface area contributed by atoms with Gasteiger partial charge in [-0.1, -0.05) is 17.7 Å². The van der Waals surface area contributed by atoms with Gasteiger partial charge in [0, 0.05) is 10.6 Å². The van der Waals surface area contributed by atoms with Crippen molar-refractivity contribution in [3.05, 3.63) is 53.1 Å². The average Bonchev–Trinajstić information content (AvgIpc) is 3.17. The molecule has 0 bridgehead atoms. The van der Waals surface area contributed by atoms with Gasteiger partial charge in [0.2, 0.25) is 12.6 Å². The first-order valence-corrected chi connectivity index (χ1v) is 7.08. The van der Waals surface area contributed by atoms with E-state index in [4.69, 9.17) is 21.1 Å². The van der Waals surface area contributed by atoms with Crippen LogP contribution in [0, 0.1) is 0 Å². The van der Waals surface area contributed by atoms with Gasteiger partial charge in [-0.3, -0.25) is 0 Å². The molecule has 1 aliphatic heterocycles. The van der Waals surface area contributed by atoms with E-state index in [0.717, 1.165) is 22.6 Å². The number of tetrazole rings is 1. The number of halogens is 1. The highest BCUT2D eigenvalue weighted by Gasteiger charge is 2.14. The van der Waals surface area contributed by atoms with Crippen molar-refractivity contribution in [2.75, 3.05) is 6.79 Å². The molecule has 2 heterocycles. The Morgan fingerprint density at radius 3 is 2.73 bits per heavy atom. The molecule has 6 nitrogen and oxygen atoms in total. The van der Waals surface area contributed by atoms with Crippen molar-refractivity contribution in [2.24, 2.45) is 0 Å². The Kier molecular flexibility index (Phi) is 3.16. The SMILES string of the molecule is Clc1ccc(-c2nnn(Cc3ccc4c(c3)OCO4)n2)cc1. The van der Waals surface area contributed by atoms with E-state index in [1.807, 2.05) is 30.3 Å². The van der Waals surface area contributed by atoms with Gasteiger partial charge in [0.1, 0.15) is 0 Å². The lowest BCUT2D eigenvalue weighted by Crippen LogP contribution is -2.04. The summed E-state index contributed by atoms with van der Waals surface area (Å²) in [5, 5.41) is 13.2. The number of aromatic nitrogens is 4. The van der Waals surface area contributed by atoms with E-state index in [1.165, 1.54) is 0 Å². The van der Waals surface area contributed by atoms with Crippen LogP contribution in [0.4, 0.5) is 0 Å². The van der Waals surface area contributed by atoms with Crippen LogP contribution >= 0.6 is 11.6 Å². The normalized spacial score (nSPS) is 12.6. The van der Waals surface area contributed by atoms with Crippen molar-refractivity contribution in [1.82, 2.24) is 20.2 Å². The van der Waals surface area contributed by atoms with Gasteiger partial charge in [-0.2, -0.15) is 4.80 Å². The van der Waals surface area contributed by atoms with E-state index in [9.17, 15) is 0 Å². The molecule has 0 unspecified atom stereocenters. The number of hydrogen-bond acceptors (Lipinski definition) is 5. The van der Waals surface area contributed by atoms with Crippen LogP contribution in [0.5, 0.6) is 11.5 Å². The quantitative estimate of drug-likeness (QED) is 0.744. The minimum atomic E-state index is 0.265. The Morgan fingerprint density at radius 2 is 1.86 bits per heavy atom. The van der Waals surface area contributed by atoms with E-state index in [-0.39, 0.29) is 6.79 Å². The lowest BCUT2D eigenvalue weighted by Gasteiger charge is -2.01. The summed E-state index contributed by atoms with van der Waals surface area (Å²) in [7, 11) is 0. The molecule has 1 aromatic heterocycles. The molecule has 4 rings (SSSR count). The Balaban J connectivity index is 1.55. The Labute approximate surface area is 131 Å². The van der Waals surface area contributed by atoms with Gasteiger partial charge in [0.05, 0.1) is 6.54 Å². The van der Waals surface area contributed by atoms with Crippen LogP contribution in [0.1, 0.15) is 5.56 Å². The van der Waals surface area contributed by atoms with Gasteiger partial charge >= 0.3 is 0 Å². The largest absolute Gasteiger partial charge is 0.454 e. The van der Waals surface area contributed by atoms with E-state index in [0.29, 0.717) is 17.4 Å². The topological polar surface area (TPSA) is 62.1 Å². The molecule has 0 radical (unpaired) electrons. The second-order valence-corrected chi connectivity index (χ2v) is 5.27. The first-order valence-electron chi connectivity index (χ1n) is 6.70. The molecule has 0 spiro atoms. The number of fused-ring (bicyclic) bond motifs is 1. The number of rotatable bonds is 3. The molecule has 1 aliphatic rings. The first-order chi connectivity index (χ1) is 10.8. The number of nitrogens with zero attached hydrogens (tertiary/aromatic N) is 4. The van der Waals surface area contributed by atoms with Gasteiger partial charge in [0.15, 0.2) is 11.5 Å². The predicted octanol–water partition coefficient (Wildman–Crippen LogP) is 2.77. The summed E-state index contributed by atoms with van der Waals surface area (Å²) in [6, 6.07) is 13.1. The average molecular weight is 315 g/mol. The fourth-order valence-corrected chi connectivity index (χ4v) is 2.35. The van der Waals surface area contributed by atoms with Gasteiger partial charge in [-0.05, 0) is 47.2 Å². The smallest absolute Gasteiger partial charge is 0.231 e. The minimum absolute atomic E-state index is 0.265. The standard InChI is InChI=1S/C15H11ClN4O2/c16-12-4-2-11(3-5-12)15-17-19-20(18-15)8-10-1-6-13-14(7-10)22-9-21-13/h1-7H,8-9H2. The van der Waals surface area contributed by atoms with Gasteiger partial charge in [-0.15, -0.1) is 10.2 Å². The third kappa shape index (κ3) is 2.48. The zero-order valence-corrected chi connectivity index (χ0v) is 12.2. The zero-order chi connectivity index (χ0) is 14.9. The number of benzene rings is 2. The highest BCUT2D eigenvalue weighted by atomic mass is 35.5. The van der Waals surface area contributed by atoms with Gasteiger partial charge in [0.25, 0.3) is 0 Å². The van der Waals surface area contributed by atoms with Crippen molar-refractivity contribution < 1.29 is 9.47 Å². The van der Waals surface area contributed by atoms with Crippen LogP contribution in [-0.2, 0) is 6.54 Å². The van der Waals surface area contributed by atoms with Crippen molar-refractivity contribution in [3.63, 3.8) is 0 Å². The molecular weight excluding hydrogens is 304 g/mol. The van der Waals surface area contributed by atoms with E-state index in [2.05, 4.69) is 15.4 Å². The summed E-state index contributed by atoms with van der Waals surface area (Å²) < 4.78 is 10.7. The molecule has 3 aromatic rings. The fraction of sp³-hybridized carbons (Fsp3) is 0.133. The summed E-state index contributed by atoms with van der Waals surface area (Å²) in [5.74, 6) is 2.07. The maximum absolute atomic E-state index is 5.87. The lowest BCUT2D eigenvalue weighted by molar-refractivity contribution is 0.174. The molecule has 0 fully saturated rings. The summed E-state index contributed by atoms with van der Waals surface area (Å²) in [6.45, 7) is 0.776. The van der Waals surface area contributed by atoms with Gasteiger partial charge in [-0.25, -0.2) is 0 Å². The highest BCUT2D eigenvalue weighted by molar-refractivity contribution is 6.30. The van der Waals surface area contributed by atoms with Crippen molar-refractivity contribution in [2.45, 2.75) is 6.54 Å². The fourth-order valence-electron chi connectivity index (χ4n) is 2.23. The van der Waals surface area contributed by atoms with Crippen molar-refractivity contribution >= 4 is 11.6 Å². The van der Waals surface area contributed by atoms with Crippen LogP contribution in [0.2, 0.25) is 5.02 Å².